The quantitative estimate of drug-likeness (QED) is 0.787. The maximum Gasteiger partial charge on any atom is 0.255 e. The third-order valence-electron chi connectivity index (χ3n) is 4.71. The fourth-order valence-electron chi connectivity index (χ4n) is 3.11. The topological polar surface area (TPSA) is 41.6 Å². The van der Waals surface area contributed by atoms with E-state index in [1.807, 2.05) is 11.0 Å². The molecule has 1 saturated heterocycles. The smallest absolute Gasteiger partial charge is 0.255 e. The average Bonchev–Trinajstić information content (AvgIpc) is 3.42. The summed E-state index contributed by atoms with van der Waals surface area (Å²) < 4.78 is 45.5. The van der Waals surface area contributed by atoms with Gasteiger partial charge in [0.2, 0.25) is 0 Å². The first-order chi connectivity index (χ1) is 13.0. The summed E-state index contributed by atoms with van der Waals surface area (Å²) in [5, 5.41) is 2.95. The molecule has 0 bridgehead atoms. The van der Waals surface area contributed by atoms with E-state index in [1.165, 1.54) is 0 Å². The number of benzene rings is 2. The van der Waals surface area contributed by atoms with Crippen LogP contribution in [0.15, 0.2) is 36.4 Å². The van der Waals surface area contributed by atoms with E-state index in [0.717, 1.165) is 25.0 Å². The summed E-state index contributed by atoms with van der Waals surface area (Å²) in [6, 6.07) is 9.36. The van der Waals surface area contributed by atoms with Gasteiger partial charge in [0.25, 0.3) is 5.91 Å². The zero-order valence-electron chi connectivity index (χ0n) is 14.6. The van der Waals surface area contributed by atoms with Crippen LogP contribution in [-0.4, -0.2) is 36.0 Å². The predicted octanol–water partition coefficient (Wildman–Crippen LogP) is 3.26. The molecular weight excluding hydrogens is 357 g/mol. The third kappa shape index (κ3) is 4.08. The van der Waals surface area contributed by atoms with Crippen molar-refractivity contribution in [2.24, 2.45) is 0 Å². The van der Waals surface area contributed by atoms with Crippen molar-refractivity contribution in [3.8, 4) is 5.75 Å². The monoisotopic (exact) mass is 376 g/mol. The Kier molecular flexibility index (Phi) is 4.78. The Balaban J connectivity index is 1.33. The van der Waals surface area contributed by atoms with Gasteiger partial charge in [0.15, 0.2) is 17.5 Å². The van der Waals surface area contributed by atoms with Crippen molar-refractivity contribution in [2.45, 2.75) is 31.5 Å². The van der Waals surface area contributed by atoms with E-state index in [1.54, 1.807) is 18.2 Å². The van der Waals surface area contributed by atoms with Gasteiger partial charge in [-0.25, -0.2) is 13.2 Å². The van der Waals surface area contributed by atoms with Crippen LogP contribution in [0.5, 0.6) is 5.75 Å². The summed E-state index contributed by atoms with van der Waals surface area (Å²) >= 11 is 0. The molecule has 1 aliphatic carbocycles. The molecule has 1 N–H and O–H groups in total. The highest BCUT2D eigenvalue weighted by atomic mass is 19.2. The second kappa shape index (κ2) is 7.23. The molecule has 0 radical (unpaired) electrons. The fourth-order valence-corrected chi connectivity index (χ4v) is 3.11. The molecule has 2 aromatic carbocycles. The van der Waals surface area contributed by atoms with Gasteiger partial charge in [-0.15, -0.1) is 0 Å². The van der Waals surface area contributed by atoms with Gasteiger partial charge in [-0.05, 0) is 42.7 Å². The number of amides is 1. The van der Waals surface area contributed by atoms with Crippen molar-refractivity contribution in [1.82, 2.24) is 10.2 Å². The van der Waals surface area contributed by atoms with Crippen molar-refractivity contribution in [1.29, 1.82) is 0 Å². The van der Waals surface area contributed by atoms with Crippen molar-refractivity contribution in [3.05, 3.63) is 65.0 Å². The molecule has 1 saturated carbocycles. The highest BCUT2D eigenvalue weighted by molar-refractivity contribution is 5.97. The summed E-state index contributed by atoms with van der Waals surface area (Å²) in [6.07, 6.45) is 1.91. The molecule has 1 aliphatic heterocycles. The van der Waals surface area contributed by atoms with Crippen LogP contribution in [0, 0.1) is 17.5 Å². The molecule has 2 aromatic rings. The first-order valence-electron chi connectivity index (χ1n) is 8.92. The van der Waals surface area contributed by atoms with E-state index in [4.69, 9.17) is 4.74 Å². The number of hydrogen-bond acceptors (Lipinski definition) is 3. The van der Waals surface area contributed by atoms with Crippen LogP contribution in [-0.2, 0) is 6.54 Å². The zero-order valence-corrected chi connectivity index (χ0v) is 14.6. The lowest BCUT2D eigenvalue weighted by atomic mass is 10.1. The molecule has 2 fully saturated rings. The predicted molar refractivity (Wildman–Crippen MR) is 92.9 cm³/mol. The number of para-hydroxylation sites is 1. The lowest BCUT2D eigenvalue weighted by Gasteiger charge is -2.39. The maximum atomic E-state index is 13.3. The van der Waals surface area contributed by atoms with Gasteiger partial charge in [0, 0.05) is 25.7 Å². The number of halogens is 3. The van der Waals surface area contributed by atoms with Crippen LogP contribution in [0.4, 0.5) is 13.2 Å². The number of likely N-dealkylation sites (tertiary alicyclic amines) is 1. The molecule has 27 heavy (non-hydrogen) atoms. The van der Waals surface area contributed by atoms with Gasteiger partial charge >= 0.3 is 0 Å². The third-order valence-corrected chi connectivity index (χ3v) is 4.71. The Labute approximate surface area is 154 Å². The van der Waals surface area contributed by atoms with Gasteiger partial charge in [0.05, 0.1) is 5.56 Å². The minimum absolute atomic E-state index is 0.116. The SMILES string of the molecule is O=C(NC1CC1)c1ccccc1OC1CN(Cc2cc(F)c(F)c(F)c2)C1. The van der Waals surface area contributed by atoms with Crippen molar-refractivity contribution in [2.75, 3.05) is 13.1 Å². The Morgan fingerprint density at radius 3 is 2.44 bits per heavy atom. The minimum atomic E-state index is -1.45. The molecule has 142 valence electrons. The van der Waals surface area contributed by atoms with Crippen molar-refractivity contribution < 1.29 is 22.7 Å². The van der Waals surface area contributed by atoms with Crippen LogP contribution >= 0.6 is 0 Å². The number of rotatable bonds is 6. The standard InChI is InChI=1S/C20H19F3N2O2/c21-16-7-12(8-17(22)19(16)23)9-25-10-14(11-25)27-18-4-2-1-3-15(18)20(26)24-13-5-6-13/h1-4,7-8,13-14H,5-6,9-11H2,(H,24,26). The van der Waals surface area contributed by atoms with Crippen LogP contribution < -0.4 is 10.1 Å². The number of carbonyl (C=O) groups excluding carboxylic acids is 1. The molecule has 4 nitrogen and oxygen atoms in total. The molecule has 2 aliphatic rings. The average molecular weight is 376 g/mol. The molecule has 0 atom stereocenters. The summed E-state index contributed by atoms with van der Waals surface area (Å²) in [4.78, 5) is 14.2. The zero-order chi connectivity index (χ0) is 19.0. The number of ether oxygens (including phenoxy) is 1. The molecule has 7 heteroatoms. The molecular formula is C20H19F3N2O2. The van der Waals surface area contributed by atoms with E-state index >= 15 is 0 Å². The summed E-state index contributed by atoms with van der Waals surface area (Å²) in [6.45, 7) is 1.41. The lowest BCUT2D eigenvalue weighted by molar-refractivity contribution is 0.0139. The van der Waals surface area contributed by atoms with E-state index in [0.29, 0.717) is 36.5 Å². The largest absolute Gasteiger partial charge is 0.487 e. The number of nitrogens with zero attached hydrogens (tertiary/aromatic N) is 1. The Morgan fingerprint density at radius 1 is 1.11 bits per heavy atom. The van der Waals surface area contributed by atoms with E-state index in [2.05, 4.69) is 5.32 Å². The Morgan fingerprint density at radius 2 is 1.78 bits per heavy atom. The molecule has 0 unspecified atom stereocenters. The van der Waals surface area contributed by atoms with Crippen molar-refractivity contribution >= 4 is 5.91 Å². The van der Waals surface area contributed by atoms with Crippen LogP contribution in [0.2, 0.25) is 0 Å². The molecule has 0 aromatic heterocycles. The van der Waals surface area contributed by atoms with Gasteiger partial charge < -0.3 is 10.1 Å². The first-order valence-corrected chi connectivity index (χ1v) is 8.92. The van der Waals surface area contributed by atoms with E-state index in [9.17, 15) is 18.0 Å². The first kappa shape index (κ1) is 17.9. The highest BCUT2D eigenvalue weighted by Crippen LogP contribution is 2.26. The van der Waals surface area contributed by atoms with Gasteiger partial charge in [-0.1, -0.05) is 12.1 Å². The van der Waals surface area contributed by atoms with E-state index in [-0.39, 0.29) is 18.1 Å². The Bertz CT molecular complexity index is 841. The van der Waals surface area contributed by atoms with Gasteiger partial charge in [-0.2, -0.15) is 0 Å². The lowest BCUT2D eigenvalue weighted by Crippen LogP contribution is -2.53. The van der Waals surface area contributed by atoms with Crippen molar-refractivity contribution in [3.63, 3.8) is 0 Å². The second-order valence-electron chi connectivity index (χ2n) is 7.05. The molecule has 0 spiro atoms. The minimum Gasteiger partial charge on any atom is -0.487 e. The summed E-state index contributed by atoms with van der Waals surface area (Å²) in [5.41, 5.74) is 0.875. The van der Waals surface area contributed by atoms with E-state index < -0.39 is 17.5 Å². The van der Waals surface area contributed by atoms with Gasteiger partial charge in [0.1, 0.15) is 11.9 Å². The normalized spacial score (nSPS) is 17.4. The Hall–Kier alpha value is -2.54. The number of hydrogen-bond donors (Lipinski definition) is 1. The molecule has 4 rings (SSSR count). The summed E-state index contributed by atoms with van der Waals surface area (Å²) in [7, 11) is 0. The maximum absolute atomic E-state index is 13.3. The highest BCUT2D eigenvalue weighted by Gasteiger charge is 2.30. The van der Waals surface area contributed by atoms with Crippen LogP contribution in [0.1, 0.15) is 28.8 Å². The summed E-state index contributed by atoms with van der Waals surface area (Å²) in [5.74, 6) is -3.44. The number of nitrogens with one attached hydrogen (secondary N) is 1. The van der Waals surface area contributed by atoms with Gasteiger partial charge in [-0.3, -0.25) is 9.69 Å². The fraction of sp³-hybridized carbons (Fsp3) is 0.350. The number of carbonyl (C=O) groups is 1. The van der Waals surface area contributed by atoms with Crippen LogP contribution in [0.3, 0.4) is 0 Å². The molecule has 1 amide bonds. The second-order valence-corrected chi connectivity index (χ2v) is 7.05. The van der Waals surface area contributed by atoms with Crippen LogP contribution in [0.25, 0.3) is 0 Å². The molecule has 1 heterocycles.